The minimum Gasteiger partial charge on any atom is -0.467 e. The first-order valence-electron chi connectivity index (χ1n) is 11.3. The number of hydrogen-bond acceptors (Lipinski definition) is 4. The largest absolute Gasteiger partial charge is 0.467 e. The van der Waals surface area contributed by atoms with Crippen LogP contribution in [0.15, 0.2) is 12.1 Å². The first-order chi connectivity index (χ1) is 13.7. The van der Waals surface area contributed by atoms with Crippen molar-refractivity contribution in [1.29, 1.82) is 0 Å². The first-order valence-corrected chi connectivity index (χ1v) is 8.27. The van der Waals surface area contributed by atoms with E-state index >= 15 is 0 Å². The topological polar surface area (TPSA) is 72.5 Å². The quantitative estimate of drug-likeness (QED) is 0.516. The number of nitrogens with one attached hydrogen (secondary N) is 1. The van der Waals surface area contributed by atoms with Crippen molar-refractivity contribution in [2.75, 3.05) is 7.11 Å². The molecular weight excluding hydrogens is 306 g/mol. The zero-order valence-electron chi connectivity index (χ0n) is 20.6. The van der Waals surface area contributed by atoms with Gasteiger partial charge in [-0.2, -0.15) is 0 Å². The zero-order valence-corrected chi connectivity index (χ0v) is 14.6. The normalized spacial score (nSPS) is 27.3. The van der Waals surface area contributed by atoms with Crippen LogP contribution in [-0.2, 0) is 19.1 Å². The van der Waals surface area contributed by atoms with Crippen LogP contribution < -0.4 is 5.32 Å². The number of carbonyl (C=O) groups excluding carboxylic acids is 3. The Morgan fingerprint density at radius 2 is 2.29 bits per heavy atom. The molecule has 1 N–H and O–H groups in total. The average molecular weight is 343 g/mol. The van der Waals surface area contributed by atoms with E-state index in [9.17, 15) is 14.4 Å². The molecule has 0 aliphatic heterocycles. The lowest BCUT2D eigenvalue weighted by Gasteiger charge is -2.21. The standard InChI is InChI=1S/C19H31NO4/c1-5-6-7-8-15-14(9-10-17(15)21)12-18(22)20-16(11-13(2)3)19(23)24-4/h6-7,13-16H,5,8-12H2,1-4H3,(H,20,22)/b7-6-/t14-,15-,16-/m0/s1/i1D3,5D2,6D. The van der Waals surface area contributed by atoms with Crippen LogP contribution in [0.5, 0.6) is 0 Å². The van der Waals surface area contributed by atoms with Crippen molar-refractivity contribution in [2.24, 2.45) is 17.8 Å². The maximum absolute atomic E-state index is 12.5. The number of amides is 1. The summed E-state index contributed by atoms with van der Waals surface area (Å²) in [5, 5.41) is 2.66. The molecule has 136 valence electrons. The van der Waals surface area contributed by atoms with E-state index in [1.165, 1.54) is 7.11 Å². The Bertz CT molecular complexity index is 674. The number of hydrogen-bond donors (Lipinski definition) is 1. The minimum absolute atomic E-state index is 0.00235. The van der Waals surface area contributed by atoms with Crippen LogP contribution in [0.25, 0.3) is 0 Å². The van der Waals surface area contributed by atoms with Crippen molar-refractivity contribution < 1.29 is 27.3 Å². The molecule has 0 unspecified atom stereocenters. The fourth-order valence-corrected chi connectivity index (χ4v) is 3.10. The summed E-state index contributed by atoms with van der Waals surface area (Å²) in [6, 6.07) is -1.47. The van der Waals surface area contributed by atoms with Crippen LogP contribution >= 0.6 is 0 Å². The Kier molecular flexibility index (Phi) is 5.42. The Morgan fingerprint density at radius 3 is 2.92 bits per heavy atom. The summed E-state index contributed by atoms with van der Waals surface area (Å²) in [5.41, 5.74) is 0. The maximum atomic E-state index is 12.5. The summed E-state index contributed by atoms with van der Waals surface area (Å²) in [4.78, 5) is 36.6. The Balaban J connectivity index is 2.82. The highest BCUT2D eigenvalue weighted by Gasteiger charge is 2.35. The average Bonchev–Trinajstić information content (AvgIpc) is 2.96. The molecule has 1 saturated carbocycles. The molecule has 1 amide bonds. The molecule has 5 nitrogen and oxygen atoms in total. The third-order valence-corrected chi connectivity index (χ3v) is 4.27. The van der Waals surface area contributed by atoms with E-state index in [2.05, 4.69) is 5.32 Å². The molecule has 0 aromatic rings. The predicted octanol–water partition coefficient (Wildman–Crippen LogP) is 3.03. The molecule has 1 fully saturated rings. The lowest BCUT2D eigenvalue weighted by Crippen LogP contribution is -2.43. The van der Waals surface area contributed by atoms with Gasteiger partial charge in [-0.05, 0) is 37.5 Å². The molecule has 0 aromatic carbocycles. The molecule has 1 aliphatic rings. The summed E-state index contributed by atoms with van der Waals surface area (Å²) in [6.07, 6.45) is -0.527. The number of ether oxygens (including phenoxy) is 1. The molecule has 3 atom stereocenters. The first kappa shape index (κ1) is 12.7. The van der Waals surface area contributed by atoms with Crippen molar-refractivity contribution >= 4 is 17.7 Å². The van der Waals surface area contributed by atoms with E-state index in [0.29, 0.717) is 12.8 Å². The van der Waals surface area contributed by atoms with Gasteiger partial charge in [-0.15, -0.1) is 0 Å². The number of esters is 1. The van der Waals surface area contributed by atoms with Crippen LogP contribution in [-0.4, -0.2) is 30.8 Å². The monoisotopic (exact) mass is 343 g/mol. The molecule has 0 radical (unpaired) electrons. The maximum Gasteiger partial charge on any atom is 0.328 e. The lowest BCUT2D eigenvalue weighted by molar-refractivity contribution is -0.145. The van der Waals surface area contributed by atoms with E-state index in [0.717, 1.165) is 6.08 Å². The Morgan fingerprint density at radius 1 is 1.54 bits per heavy atom. The highest BCUT2D eigenvalue weighted by molar-refractivity contribution is 5.87. The van der Waals surface area contributed by atoms with E-state index in [-0.39, 0.29) is 42.8 Å². The molecule has 0 bridgehead atoms. The van der Waals surface area contributed by atoms with Crippen molar-refractivity contribution in [3.63, 3.8) is 0 Å². The molecule has 5 heteroatoms. The molecule has 0 saturated heterocycles. The molecule has 1 rings (SSSR count). The van der Waals surface area contributed by atoms with E-state index in [4.69, 9.17) is 13.0 Å². The van der Waals surface area contributed by atoms with Crippen LogP contribution in [0, 0.1) is 17.8 Å². The third kappa shape index (κ3) is 6.46. The fourth-order valence-electron chi connectivity index (χ4n) is 3.10. The molecular formula is C19H31NO4. The second kappa shape index (κ2) is 10.3. The van der Waals surface area contributed by atoms with Gasteiger partial charge >= 0.3 is 5.97 Å². The van der Waals surface area contributed by atoms with Gasteiger partial charge in [-0.1, -0.05) is 32.8 Å². The van der Waals surface area contributed by atoms with Gasteiger partial charge in [-0.3, -0.25) is 9.59 Å². The zero-order chi connectivity index (χ0) is 23.3. The number of Topliss-reactive ketones (excluding diaryl/α,β-unsaturated/α-hetero) is 1. The lowest BCUT2D eigenvalue weighted by atomic mass is 9.89. The predicted molar refractivity (Wildman–Crippen MR) is 93.3 cm³/mol. The number of methoxy groups -OCH3 is 1. The highest BCUT2D eigenvalue weighted by atomic mass is 16.5. The third-order valence-electron chi connectivity index (χ3n) is 4.27. The molecule has 0 aromatic heterocycles. The van der Waals surface area contributed by atoms with E-state index in [1.807, 2.05) is 13.8 Å². The van der Waals surface area contributed by atoms with Gasteiger partial charge in [0.15, 0.2) is 0 Å². The second-order valence-electron chi connectivity index (χ2n) is 6.56. The summed E-state index contributed by atoms with van der Waals surface area (Å²) in [6.45, 7) is 0.839. The SMILES string of the molecule is [2H]/C(=C/C[C@@H]1C(=O)CC[C@H]1CC(=O)N[C@@H](CC(C)C)C(=O)OC)C([2H])([2H])C([2H])([2H])[2H]. The van der Waals surface area contributed by atoms with Gasteiger partial charge < -0.3 is 10.1 Å². The van der Waals surface area contributed by atoms with Crippen LogP contribution in [0.1, 0.15) is 67.4 Å². The van der Waals surface area contributed by atoms with Crippen LogP contribution in [0.2, 0.25) is 0 Å². The van der Waals surface area contributed by atoms with Crippen molar-refractivity contribution in [3.8, 4) is 0 Å². The van der Waals surface area contributed by atoms with Gasteiger partial charge in [-0.25, -0.2) is 4.79 Å². The summed E-state index contributed by atoms with van der Waals surface area (Å²) >= 11 is 0. The number of ketones is 1. The smallest absolute Gasteiger partial charge is 0.328 e. The van der Waals surface area contributed by atoms with Crippen LogP contribution in [0.3, 0.4) is 0 Å². The van der Waals surface area contributed by atoms with Gasteiger partial charge in [0.25, 0.3) is 0 Å². The molecule has 0 heterocycles. The summed E-state index contributed by atoms with van der Waals surface area (Å²) in [7, 11) is 1.25. The summed E-state index contributed by atoms with van der Waals surface area (Å²) < 4.78 is 49.4. The van der Waals surface area contributed by atoms with Gasteiger partial charge in [0.05, 0.1) is 8.48 Å². The molecule has 24 heavy (non-hydrogen) atoms. The van der Waals surface area contributed by atoms with Crippen molar-refractivity contribution in [3.05, 3.63) is 12.1 Å². The number of rotatable bonds is 9. The van der Waals surface area contributed by atoms with Gasteiger partial charge in [0.1, 0.15) is 11.8 Å². The van der Waals surface area contributed by atoms with Crippen molar-refractivity contribution in [1.82, 2.24) is 5.32 Å². The van der Waals surface area contributed by atoms with Crippen molar-refractivity contribution in [2.45, 2.75) is 65.2 Å². The van der Waals surface area contributed by atoms with Crippen LogP contribution in [0.4, 0.5) is 0 Å². The Hall–Kier alpha value is -1.65. The number of carbonyl (C=O) groups is 3. The summed E-state index contributed by atoms with van der Waals surface area (Å²) in [5.74, 6) is -1.78. The van der Waals surface area contributed by atoms with Gasteiger partial charge in [0, 0.05) is 25.6 Å². The molecule has 1 aliphatic carbocycles. The number of allylic oxidation sites excluding steroid dienone is 2. The van der Waals surface area contributed by atoms with Gasteiger partial charge in [0.2, 0.25) is 5.91 Å². The van der Waals surface area contributed by atoms with E-state index < -0.39 is 37.2 Å². The van der Waals surface area contributed by atoms with E-state index in [1.54, 1.807) is 0 Å². The fraction of sp³-hybridized carbons (Fsp3) is 0.737. The molecule has 0 spiro atoms. The minimum atomic E-state index is -2.99. The second-order valence-corrected chi connectivity index (χ2v) is 6.56. The Labute approximate surface area is 153 Å². The highest BCUT2D eigenvalue weighted by Crippen LogP contribution is 2.34.